The number of hydrogen-bond acceptors (Lipinski definition) is 6. The second-order valence-corrected chi connectivity index (χ2v) is 10.6. The molecule has 9 nitrogen and oxygen atoms in total. The molecule has 1 saturated carbocycles. The lowest BCUT2D eigenvalue weighted by Crippen LogP contribution is -2.50. The maximum atomic E-state index is 13.9. The molecular formula is C28H32ClFN6O3. The number of nitrogens with zero attached hydrogens (tertiary/aromatic N) is 5. The summed E-state index contributed by atoms with van der Waals surface area (Å²) in [6.45, 7) is 0.656. The van der Waals surface area contributed by atoms with E-state index in [1.807, 2.05) is 0 Å². The molecule has 1 saturated heterocycles. The Hall–Kier alpha value is -3.37. The average Bonchev–Trinajstić information content (AvgIpc) is 3.63. The van der Waals surface area contributed by atoms with Gasteiger partial charge in [-0.3, -0.25) is 9.59 Å². The number of benzene rings is 2. The van der Waals surface area contributed by atoms with Crippen LogP contribution in [0.15, 0.2) is 48.5 Å². The number of hydrogen-bond donors (Lipinski definition) is 1. The summed E-state index contributed by atoms with van der Waals surface area (Å²) in [5.41, 5.74) is 1.25. The molecule has 0 radical (unpaired) electrons. The lowest BCUT2D eigenvalue weighted by Gasteiger charge is -2.34. The van der Waals surface area contributed by atoms with Crippen LogP contribution in [0.3, 0.4) is 0 Å². The van der Waals surface area contributed by atoms with Crippen LogP contribution in [0.25, 0.3) is 11.4 Å². The van der Waals surface area contributed by atoms with Gasteiger partial charge < -0.3 is 15.0 Å². The number of rotatable bonds is 9. The zero-order chi connectivity index (χ0) is 27.2. The third-order valence-electron chi connectivity index (χ3n) is 7.27. The van der Waals surface area contributed by atoms with Crippen molar-refractivity contribution in [3.8, 4) is 11.4 Å². The van der Waals surface area contributed by atoms with Crippen molar-refractivity contribution in [1.29, 1.82) is 0 Å². The van der Waals surface area contributed by atoms with E-state index in [0.717, 1.165) is 38.5 Å². The molecule has 2 aromatic carbocycles. The monoisotopic (exact) mass is 554 g/mol. The van der Waals surface area contributed by atoms with E-state index >= 15 is 0 Å². The second kappa shape index (κ2) is 12.7. The molecule has 39 heavy (non-hydrogen) atoms. The Balaban J connectivity index is 1.41. The Bertz CT molecular complexity index is 1260. The van der Waals surface area contributed by atoms with Gasteiger partial charge in [0.2, 0.25) is 17.6 Å². The Morgan fingerprint density at radius 2 is 1.79 bits per heavy atom. The first kappa shape index (κ1) is 27.2. The molecule has 1 N–H and O–H groups in total. The predicted octanol–water partition coefficient (Wildman–Crippen LogP) is 4.33. The van der Waals surface area contributed by atoms with Crippen molar-refractivity contribution >= 4 is 23.4 Å². The first-order valence-electron chi connectivity index (χ1n) is 13.5. The van der Waals surface area contributed by atoms with Gasteiger partial charge in [0.25, 0.3) is 0 Å². The summed E-state index contributed by atoms with van der Waals surface area (Å²) in [5.74, 6) is -0.662. The van der Waals surface area contributed by atoms with Crippen molar-refractivity contribution in [3.63, 3.8) is 0 Å². The Kier molecular flexibility index (Phi) is 8.83. The number of carbonyl (C=O) groups excluding carboxylic acids is 2. The molecule has 5 rings (SSSR count). The first-order valence-corrected chi connectivity index (χ1v) is 13.8. The van der Waals surface area contributed by atoms with E-state index in [0.29, 0.717) is 22.8 Å². The van der Waals surface area contributed by atoms with Crippen molar-refractivity contribution < 1.29 is 18.7 Å². The van der Waals surface area contributed by atoms with Gasteiger partial charge >= 0.3 is 0 Å². The quantitative estimate of drug-likeness (QED) is 0.422. The average molecular weight is 555 g/mol. The minimum Gasteiger partial charge on any atom is -0.376 e. The van der Waals surface area contributed by atoms with Crippen LogP contribution in [0.4, 0.5) is 4.39 Å². The maximum Gasteiger partial charge on any atom is 0.247 e. The van der Waals surface area contributed by atoms with E-state index in [4.69, 9.17) is 16.3 Å². The summed E-state index contributed by atoms with van der Waals surface area (Å²) in [6, 6.07) is 11.9. The first-order chi connectivity index (χ1) is 19.0. The molecule has 2 aliphatic rings. The SMILES string of the molecule is O=C(NC1CCCCC1)[C@@H](c1ccc(Cl)cc1)N(C[C@@H]1CCCO1)C(=O)Cn1nnc(-c2ccc(F)cc2)n1. The van der Waals surface area contributed by atoms with Crippen LogP contribution in [-0.4, -0.2) is 62.2 Å². The molecule has 2 fully saturated rings. The Morgan fingerprint density at radius 1 is 1.05 bits per heavy atom. The Morgan fingerprint density at radius 3 is 2.49 bits per heavy atom. The topological polar surface area (TPSA) is 102 Å². The van der Waals surface area contributed by atoms with Crippen molar-refractivity contribution in [2.75, 3.05) is 13.2 Å². The van der Waals surface area contributed by atoms with Gasteiger partial charge in [0.05, 0.1) is 6.10 Å². The summed E-state index contributed by atoms with van der Waals surface area (Å²) in [4.78, 5) is 30.4. The highest BCUT2D eigenvalue weighted by Crippen LogP contribution is 2.27. The highest BCUT2D eigenvalue weighted by atomic mass is 35.5. The van der Waals surface area contributed by atoms with E-state index in [2.05, 4.69) is 20.7 Å². The number of halogens is 2. The molecule has 1 aliphatic carbocycles. The highest BCUT2D eigenvalue weighted by molar-refractivity contribution is 6.30. The lowest BCUT2D eigenvalue weighted by molar-refractivity contribution is -0.143. The molecule has 3 aromatic rings. The smallest absolute Gasteiger partial charge is 0.247 e. The van der Waals surface area contributed by atoms with Gasteiger partial charge in [-0.1, -0.05) is 43.0 Å². The zero-order valence-electron chi connectivity index (χ0n) is 21.6. The van der Waals surface area contributed by atoms with Gasteiger partial charge in [0.1, 0.15) is 18.4 Å². The third-order valence-corrected chi connectivity index (χ3v) is 7.53. The number of ether oxygens (including phenoxy) is 1. The molecule has 2 heterocycles. The van der Waals surface area contributed by atoms with Crippen LogP contribution in [0.5, 0.6) is 0 Å². The predicted molar refractivity (Wildman–Crippen MR) is 143 cm³/mol. The minimum atomic E-state index is -0.874. The molecule has 206 valence electrons. The van der Waals surface area contributed by atoms with Gasteiger partial charge in [-0.15, -0.1) is 10.2 Å². The molecule has 1 aliphatic heterocycles. The number of tetrazole rings is 1. The van der Waals surface area contributed by atoms with E-state index < -0.39 is 6.04 Å². The number of carbonyl (C=O) groups is 2. The van der Waals surface area contributed by atoms with Crippen molar-refractivity contribution in [3.05, 3.63) is 64.9 Å². The van der Waals surface area contributed by atoms with Crippen LogP contribution in [0.2, 0.25) is 5.02 Å². The molecular weight excluding hydrogens is 523 g/mol. The molecule has 0 bridgehead atoms. The van der Waals surface area contributed by atoms with Crippen LogP contribution < -0.4 is 5.32 Å². The van der Waals surface area contributed by atoms with E-state index in [9.17, 15) is 14.0 Å². The largest absolute Gasteiger partial charge is 0.376 e. The van der Waals surface area contributed by atoms with Crippen LogP contribution >= 0.6 is 11.6 Å². The van der Waals surface area contributed by atoms with Crippen molar-refractivity contribution in [2.24, 2.45) is 0 Å². The van der Waals surface area contributed by atoms with E-state index in [1.54, 1.807) is 41.3 Å². The molecule has 2 amide bonds. The van der Waals surface area contributed by atoms with Crippen molar-refractivity contribution in [2.45, 2.75) is 69.7 Å². The minimum absolute atomic E-state index is 0.0796. The number of amides is 2. The summed E-state index contributed by atoms with van der Waals surface area (Å²) in [5, 5.41) is 16.1. The summed E-state index contributed by atoms with van der Waals surface area (Å²) >= 11 is 6.15. The molecule has 0 spiro atoms. The molecule has 0 unspecified atom stereocenters. The fourth-order valence-electron chi connectivity index (χ4n) is 5.24. The standard InChI is InChI=1S/C28H32ClFN6O3/c29-21-12-8-19(9-13-21)26(28(38)31-23-5-2-1-3-6-23)35(17-24-7-4-16-39-24)25(37)18-36-33-27(32-34-36)20-10-14-22(30)15-11-20/h8-15,23-24,26H,1-7,16-18H2,(H,31,38)/t24-,26+/m0/s1. The Labute approximate surface area is 231 Å². The maximum absolute atomic E-state index is 13.9. The fraction of sp³-hybridized carbons (Fsp3) is 0.464. The number of nitrogens with one attached hydrogen (secondary N) is 1. The number of aromatic nitrogens is 4. The lowest BCUT2D eigenvalue weighted by atomic mass is 9.94. The van der Waals surface area contributed by atoms with Gasteiger partial charge in [0, 0.05) is 29.8 Å². The normalized spacial score (nSPS) is 18.6. The van der Waals surface area contributed by atoms with Crippen LogP contribution in [-0.2, 0) is 20.9 Å². The molecule has 2 atom stereocenters. The van der Waals surface area contributed by atoms with Gasteiger partial charge in [0.15, 0.2) is 0 Å². The summed E-state index contributed by atoms with van der Waals surface area (Å²) in [6.07, 6.45) is 6.69. The van der Waals surface area contributed by atoms with Gasteiger partial charge in [-0.25, -0.2) is 4.39 Å². The van der Waals surface area contributed by atoms with Gasteiger partial charge in [-0.2, -0.15) is 4.80 Å². The van der Waals surface area contributed by atoms with Crippen molar-refractivity contribution in [1.82, 2.24) is 30.4 Å². The zero-order valence-corrected chi connectivity index (χ0v) is 22.4. The van der Waals surface area contributed by atoms with Crippen LogP contribution in [0, 0.1) is 5.82 Å². The van der Waals surface area contributed by atoms with E-state index in [1.165, 1.54) is 23.4 Å². The van der Waals surface area contributed by atoms with Crippen LogP contribution in [0.1, 0.15) is 56.6 Å². The summed E-state index contributed by atoms with van der Waals surface area (Å²) in [7, 11) is 0. The highest BCUT2D eigenvalue weighted by Gasteiger charge is 2.35. The molecule has 1 aromatic heterocycles. The van der Waals surface area contributed by atoms with Gasteiger partial charge in [-0.05, 0) is 72.9 Å². The summed E-state index contributed by atoms with van der Waals surface area (Å²) < 4.78 is 19.2. The molecule has 11 heteroatoms. The third kappa shape index (κ3) is 6.99. The fourth-order valence-corrected chi connectivity index (χ4v) is 5.37. The second-order valence-electron chi connectivity index (χ2n) is 10.1. The van der Waals surface area contributed by atoms with E-state index in [-0.39, 0.29) is 48.7 Å².